The third kappa shape index (κ3) is 1.46. The normalized spacial score (nSPS) is 10.2. The molecular formula is C7H7N5O. The molecule has 0 atom stereocenters. The van der Waals surface area contributed by atoms with E-state index < -0.39 is 0 Å². The van der Waals surface area contributed by atoms with Crippen molar-refractivity contribution < 1.29 is 4.79 Å². The maximum Gasteiger partial charge on any atom is 0.231 e. The molecule has 0 fully saturated rings. The fraction of sp³-hybridized carbons (Fsp3) is 0.143. The predicted molar refractivity (Wildman–Crippen MR) is 46.0 cm³/mol. The lowest BCUT2D eigenvalue weighted by Crippen LogP contribution is -2.08. The van der Waals surface area contributed by atoms with Gasteiger partial charge in [-0.25, -0.2) is 4.98 Å². The van der Waals surface area contributed by atoms with E-state index in [1.807, 2.05) is 0 Å². The molecule has 2 N–H and O–H groups in total. The minimum atomic E-state index is -0.195. The largest absolute Gasteiger partial charge is 0.295 e. The summed E-state index contributed by atoms with van der Waals surface area (Å²) < 4.78 is 0. The highest BCUT2D eigenvalue weighted by Gasteiger charge is 2.01. The van der Waals surface area contributed by atoms with Crippen LogP contribution in [0.2, 0.25) is 0 Å². The Morgan fingerprint density at radius 1 is 1.54 bits per heavy atom. The molecule has 13 heavy (non-hydrogen) atoms. The van der Waals surface area contributed by atoms with Crippen molar-refractivity contribution in [3.63, 3.8) is 0 Å². The molecule has 2 aromatic rings. The zero-order valence-electron chi connectivity index (χ0n) is 6.90. The van der Waals surface area contributed by atoms with Crippen LogP contribution in [0.1, 0.15) is 6.92 Å². The number of nitrogens with zero attached hydrogens (tertiary/aromatic N) is 3. The van der Waals surface area contributed by atoms with Gasteiger partial charge in [0.1, 0.15) is 0 Å². The number of nitrogens with one attached hydrogen (secondary N) is 2. The molecule has 66 valence electrons. The lowest BCUT2D eigenvalue weighted by molar-refractivity contribution is -0.114. The number of aromatic nitrogens is 4. The number of carbonyl (C=O) groups is 1. The molecule has 0 aliphatic rings. The van der Waals surface area contributed by atoms with Crippen molar-refractivity contribution in [2.45, 2.75) is 6.92 Å². The first-order valence-electron chi connectivity index (χ1n) is 3.69. The summed E-state index contributed by atoms with van der Waals surface area (Å²) in [6, 6.07) is 0. The van der Waals surface area contributed by atoms with Crippen LogP contribution in [-0.2, 0) is 4.79 Å². The summed E-state index contributed by atoms with van der Waals surface area (Å²) in [5.41, 5.74) is 0.610. The summed E-state index contributed by atoms with van der Waals surface area (Å²) in [5, 5.41) is 9.75. The Hall–Kier alpha value is -1.98. The lowest BCUT2D eigenvalue weighted by Gasteiger charge is -1.97. The topological polar surface area (TPSA) is 83.6 Å². The van der Waals surface area contributed by atoms with E-state index in [9.17, 15) is 4.79 Å². The molecule has 0 saturated carbocycles. The molecule has 2 heterocycles. The van der Waals surface area contributed by atoms with Crippen molar-refractivity contribution in [1.29, 1.82) is 0 Å². The molecule has 6 heteroatoms. The predicted octanol–water partition coefficient (Wildman–Crippen LogP) is 0.311. The average molecular weight is 177 g/mol. The van der Waals surface area contributed by atoms with Gasteiger partial charge in [0.25, 0.3) is 0 Å². The highest BCUT2D eigenvalue weighted by molar-refractivity contribution is 5.87. The molecule has 0 aromatic carbocycles. The van der Waals surface area contributed by atoms with E-state index in [1.165, 1.54) is 6.92 Å². The monoisotopic (exact) mass is 177 g/mol. The minimum absolute atomic E-state index is 0.195. The maximum atomic E-state index is 10.7. The molecule has 0 spiro atoms. The van der Waals surface area contributed by atoms with Gasteiger partial charge in [0, 0.05) is 13.1 Å². The van der Waals surface area contributed by atoms with Crippen molar-refractivity contribution in [3.8, 4) is 0 Å². The Morgan fingerprint density at radius 2 is 2.38 bits per heavy atom. The Morgan fingerprint density at radius 3 is 3.15 bits per heavy atom. The summed E-state index contributed by atoms with van der Waals surface area (Å²) in [6.07, 6.45) is 3.21. The Kier molecular flexibility index (Phi) is 1.66. The van der Waals surface area contributed by atoms with Crippen molar-refractivity contribution in [2.24, 2.45) is 0 Å². The van der Waals surface area contributed by atoms with Gasteiger partial charge in [-0.15, -0.1) is 0 Å². The highest BCUT2D eigenvalue weighted by Crippen LogP contribution is 2.07. The van der Waals surface area contributed by atoms with Gasteiger partial charge < -0.3 is 0 Å². The molecule has 0 saturated heterocycles. The van der Waals surface area contributed by atoms with Crippen molar-refractivity contribution >= 4 is 22.9 Å². The van der Waals surface area contributed by atoms with Gasteiger partial charge in [-0.2, -0.15) is 10.1 Å². The van der Waals surface area contributed by atoms with Gasteiger partial charge >= 0.3 is 0 Å². The molecule has 0 radical (unpaired) electrons. The van der Waals surface area contributed by atoms with Gasteiger partial charge in [-0.3, -0.25) is 15.2 Å². The van der Waals surface area contributed by atoms with Gasteiger partial charge in [-0.1, -0.05) is 0 Å². The molecule has 1 amide bonds. The average Bonchev–Trinajstić information content (AvgIpc) is 2.49. The Bertz CT molecular complexity index is 449. The molecule has 0 aliphatic carbocycles. The van der Waals surface area contributed by atoms with Crippen LogP contribution in [0.25, 0.3) is 11.0 Å². The van der Waals surface area contributed by atoms with Crippen LogP contribution >= 0.6 is 0 Å². The fourth-order valence-corrected chi connectivity index (χ4v) is 0.956. The van der Waals surface area contributed by atoms with Gasteiger partial charge in [0.2, 0.25) is 11.9 Å². The molecule has 2 rings (SSSR count). The summed E-state index contributed by atoms with van der Waals surface area (Å²) >= 11 is 0. The van der Waals surface area contributed by atoms with E-state index in [4.69, 9.17) is 0 Å². The number of anilines is 1. The van der Waals surface area contributed by atoms with Crippen LogP contribution < -0.4 is 5.32 Å². The van der Waals surface area contributed by atoms with Crippen LogP contribution in [-0.4, -0.2) is 26.1 Å². The first kappa shape index (κ1) is 7.66. The number of carbonyl (C=O) groups excluding carboxylic acids is 1. The van der Waals surface area contributed by atoms with Crippen LogP contribution in [0.3, 0.4) is 0 Å². The van der Waals surface area contributed by atoms with Crippen molar-refractivity contribution in [3.05, 3.63) is 12.4 Å². The standard InChI is InChI=1S/C7H7N5O/c1-4(13)10-7-8-2-5-3-9-12-6(5)11-7/h2-3H,1H3,(H2,8,9,10,11,12,13). The Balaban J connectivity index is 2.42. The summed E-state index contributed by atoms with van der Waals surface area (Å²) in [6.45, 7) is 1.40. The zero-order valence-corrected chi connectivity index (χ0v) is 6.90. The van der Waals surface area contributed by atoms with E-state index in [0.29, 0.717) is 5.65 Å². The first-order valence-corrected chi connectivity index (χ1v) is 3.69. The highest BCUT2D eigenvalue weighted by atomic mass is 16.1. The second kappa shape index (κ2) is 2.81. The number of hydrogen-bond donors (Lipinski definition) is 2. The fourth-order valence-electron chi connectivity index (χ4n) is 0.956. The van der Waals surface area contributed by atoms with E-state index in [-0.39, 0.29) is 11.9 Å². The van der Waals surface area contributed by atoms with Crippen LogP contribution in [0.5, 0.6) is 0 Å². The van der Waals surface area contributed by atoms with Gasteiger partial charge in [-0.05, 0) is 0 Å². The molecule has 6 nitrogen and oxygen atoms in total. The van der Waals surface area contributed by atoms with Gasteiger partial charge in [0.05, 0.1) is 11.6 Å². The zero-order chi connectivity index (χ0) is 9.26. The SMILES string of the molecule is CC(=O)Nc1ncc2cn[nH]c2n1. The summed E-state index contributed by atoms with van der Waals surface area (Å²) in [5.74, 6) is 0.0862. The molecule has 2 aromatic heterocycles. The number of rotatable bonds is 1. The maximum absolute atomic E-state index is 10.7. The number of H-pyrrole nitrogens is 1. The number of hydrogen-bond acceptors (Lipinski definition) is 4. The molecule has 0 bridgehead atoms. The van der Waals surface area contributed by atoms with Crippen LogP contribution in [0.4, 0.5) is 5.95 Å². The van der Waals surface area contributed by atoms with E-state index >= 15 is 0 Å². The minimum Gasteiger partial charge on any atom is -0.295 e. The second-order valence-corrected chi connectivity index (χ2v) is 2.55. The number of fused-ring (bicyclic) bond motifs is 1. The molecule has 0 aliphatic heterocycles. The number of aromatic amines is 1. The third-order valence-electron chi connectivity index (χ3n) is 1.48. The van der Waals surface area contributed by atoms with Gasteiger partial charge in [0.15, 0.2) is 5.65 Å². The Labute approximate surface area is 73.4 Å². The van der Waals surface area contributed by atoms with E-state index in [2.05, 4.69) is 25.5 Å². The summed E-state index contributed by atoms with van der Waals surface area (Å²) in [4.78, 5) is 18.6. The van der Waals surface area contributed by atoms with Crippen molar-refractivity contribution in [1.82, 2.24) is 20.2 Å². The number of amides is 1. The summed E-state index contributed by atoms with van der Waals surface area (Å²) in [7, 11) is 0. The van der Waals surface area contributed by atoms with E-state index in [1.54, 1.807) is 12.4 Å². The molecule has 0 unspecified atom stereocenters. The van der Waals surface area contributed by atoms with Crippen LogP contribution in [0.15, 0.2) is 12.4 Å². The van der Waals surface area contributed by atoms with E-state index in [0.717, 1.165) is 5.39 Å². The quantitative estimate of drug-likeness (QED) is 0.656. The third-order valence-corrected chi connectivity index (χ3v) is 1.48. The second-order valence-electron chi connectivity index (χ2n) is 2.55. The molecular weight excluding hydrogens is 170 g/mol. The van der Waals surface area contributed by atoms with Crippen LogP contribution in [0, 0.1) is 0 Å². The lowest BCUT2D eigenvalue weighted by atomic mass is 10.4. The van der Waals surface area contributed by atoms with Crippen molar-refractivity contribution in [2.75, 3.05) is 5.32 Å². The smallest absolute Gasteiger partial charge is 0.231 e. The first-order chi connectivity index (χ1) is 6.25.